The third-order valence-electron chi connectivity index (χ3n) is 3.13. The van der Waals surface area contributed by atoms with Crippen molar-refractivity contribution in [1.82, 2.24) is 0 Å². The number of rotatable bonds is 3. The van der Waals surface area contributed by atoms with Gasteiger partial charge in [0.1, 0.15) is 0 Å². The van der Waals surface area contributed by atoms with Crippen LogP contribution in [0.3, 0.4) is 0 Å². The molecule has 0 heterocycles. The van der Waals surface area contributed by atoms with Gasteiger partial charge in [-0.3, -0.25) is 4.79 Å². The molecule has 1 rings (SSSR count). The standard InChI is InChI=1S/C13H19NO/c1-5-10-7-12(13(14)15)9(4)8(3)11(10)6-2/h7H,5-6H2,1-4H3,(H2,14,15). The molecule has 2 N–H and O–H groups in total. The molecule has 1 aromatic rings. The molecule has 0 saturated carbocycles. The van der Waals surface area contributed by atoms with E-state index >= 15 is 0 Å². The van der Waals surface area contributed by atoms with Crippen LogP contribution in [0.2, 0.25) is 0 Å². The molecule has 0 saturated heterocycles. The molecule has 0 aliphatic carbocycles. The lowest BCUT2D eigenvalue weighted by molar-refractivity contribution is 0.0999. The van der Waals surface area contributed by atoms with Crippen molar-refractivity contribution in [2.24, 2.45) is 5.73 Å². The molecule has 1 aromatic carbocycles. The minimum Gasteiger partial charge on any atom is -0.366 e. The van der Waals surface area contributed by atoms with E-state index in [1.807, 2.05) is 13.0 Å². The first kappa shape index (κ1) is 11.8. The fraction of sp³-hybridized carbons (Fsp3) is 0.462. The summed E-state index contributed by atoms with van der Waals surface area (Å²) in [6.07, 6.45) is 1.96. The molecule has 2 nitrogen and oxygen atoms in total. The van der Waals surface area contributed by atoms with Crippen molar-refractivity contribution in [3.63, 3.8) is 0 Å². The molecule has 15 heavy (non-hydrogen) atoms. The molecule has 2 heteroatoms. The van der Waals surface area contributed by atoms with E-state index in [2.05, 4.69) is 20.8 Å². The van der Waals surface area contributed by atoms with E-state index in [-0.39, 0.29) is 5.91 Å². The topological polar surface area (TPSA) is 43.1 Å². The first-order valence-electron chi connectivity index (χ1n) is 5.44. The van der Waals surface area contributed by atoms with Crippen LogP contribution in [0.5, 0.6) is 0 Å². The van der Waals surface area contributed by atoms with Gasteiger partial charge < -0.3 is 5.73 Å². The summed E-state index contributed by atoms with van der Waals surface area (Å²) in [7, 11) is 0. The maximum atomic E-state index is 11.3. The molecule has 0 bridgehead atoms. The Morgan fingerprint density at radius 3 is 2.20 bits per heavy atom. The molecular weight excluding hydrogens is 186 g/mol. The maximum Gasteiger partial charge on any atom is 0.248 e. The van der Waals surface area contributed by atoms with E-state index in [0.29, 0.717) is 5.56 Å². The number of aryl methyl sites for hydroxylation is 1. The maximum absolute atomic E-state index is 11.3. The number of amides is 1. The second kappa shape index (κ2) is 4.47. The van der Waals surface area contributed by atoms with Gasteiger partial charge in [-0.15, -0.1) is 0 Å². The van der Waals surface area contributed by atoms with Crippen molar-refractivity contribution < 1.29 is 4.79 Å². The van der Waals surface area contributed by atoms with Crippen molar-refractivity contribution in [3.8, 4) is 0 Å². The zero-order valence-corrected chi connectivity index (χ0v) is 9.98. The first-order chi connectivity index (χ1) is 7.02. The number of benzene rings is 1. The monoisotopic (exact) mass is 205 g/mol. The second-order valence-corrected chi connectivity index (χ2v) is 3.88. The molecule has 0 fully saturated rings. The summed E-state index contributed by atoms with van der Waals surface area (Å²) in [5.74, 6) is -0.326. The van der Waals surface area contributed by atoms with E-state index < -0.39 is 0 Å². The van der Waals surface area contributed by atoms with Crippen LogP contribution >= 0.6 is 0 Å². The van der Waals surface area contributed by atoms with Gasteiger partial charge in [-0.25, -0.2) is 0 Å². The summed E-state index contributed by atoms with van der Waals surface area (Å²) >= 11 is 0. The van der Waals surface area contributed by atoms with Crippen LogP contribution in [0.15, 0.2) is 6.07 Å². The number of nitrogens with two attached hydrogens (primary N) is 1. The predicted octanol–water partition coefficient (Wildman–Crippen LogP) is 2.53. The zero-order valence-electron chi connectivity index (χ0n) is 9.98. The number of carbonyl (C=O) groups is 1. The highest BCUT2D eigenvalue weighted by atomic mass is 16.1. The summed E-state index contributed by atoms with van der Waals surface area (Å²) in [4.78, 5) is 11.3. The van der Waals surface area contributed by atoms with Crippen LogP contribution in [-0.4, -0.2) is 5.91 Å². The summed E-state index contributed by atoms with van der Waals surface area (Å²) in [6, 6.07) is 1.95. The Hall–Kier alpha value is -1.31. The van der Waals surface area contributed by atoms with Crippen LogP contribution in [0, 0.1) is 13.8 Å². The molecule has 0 aliphatic heterocycles. The van der Waals surface area contributed by atoms with Gasteiger partial charge in [0, 0.05) is 5.56 Å². The highest BCUT2D eigenvalue weighted by Crippen LogP contribution is 2.23. The number of hydrogen-bond donors (Lipinski definition) is 1. The minimum atomic E-state index is -0.326. The van der Waals surface area contributed by atoms with E-state index in [9.17, 15) is 4.79 Å². The predicted molar refractivity (Wildman–Crippen MR) is 63.2 cm³/mol. The fourth-order valence-electron chi connectivity index (χ4n) is 2.10. The Bertz CT molecular complexity index is 394. The largest absolute Gasteiger partial charge is 0.366 e. The Labute approximate surface area is 91.5 Å². The Morgan fingerprint density at radius 2 is 1.80 bits per heavy atom. The van der Waals surface area contributed by atoms with Crippen molar-refractivity contribution in [1.29, 1.82) is 0 Å². The molecule has 0 radical (unpaired) electrons. The van der Waals surface area contributed by atoms with Gasteiger partial charge in [0.15, 0.2) is 0 Å². The third-order valence-corrected chi connectivity index (χ3v) is 3.13. The van der Waals surface area contributed by atoms with Crippen molar-refractivity contribution >= 4 is 5.91 Å². The van der Waals surface area contributed by atoms with Gasteiger partial charge >= 0.3 is 0 Å². The van der Waals surface area contributed by atoms with E-state index in [4.69, 9.17) is 5.73 Å². The normalized spacial score (nSPS) is 10.4. The molecular formula is C13H19NO. The van der Waals surface area contributed by atoms with Gasteiger partial charge in [-0.2, -0.15) is 0 Å². The lowest BCUT2D eigenvalue weighted by Gasteiger charge is -2.15. The quantitative estimate of drug-likeness (QED) is 0.809. The highest BCUT2D eigenvalue weighted by Gasteiger charge is 2.13. The lowest BCUT2D eigenvalue weighted by atomic mass is 9.90. The number of primary amides is 1. The van der Waals surface area contributed by atoms with Crippen molar-refractivity contribution in [3.05, 3.63) is 33.9 Å². The van der Waals surface area contributed by atoms with Crippen molar-refractivity contribution in [2.75, 3.05) is 0 Å². The van der Waals surface area contributed by atoms with Crippen LogP contribution in [0.25, 0.3) is 0 Å². The van der Waals surface area contributed by atoms with Gasteiger partial charge in [0.05, 0.1) is 0 Å². The van der Waals surface area contributed by atoms with Crippen molar-refractivity contribution in [2.45, 2.75) is 40.5 Å². The average molecular weight is 205 g/mol. The van der Waals surface area contributed by atoms with Crippen LogP contribution in [0.4, 0.5) is 0 Å². The Balaban J connectivity index is 3.49. The summed E-state index contributed by atoms with van der Waals surface area (Å²) < 4.78 is 0. The second-order valence-electron chi connectivity index (χ2n) is 3.88. The molecule has 0 unspecified atom stereocenters. The van der Waals surface area contributed by atoms with E-state index in [0.717, 1.165) is 18.4 Å². The Morgan fingerprint density at radius 1 is 1.20 bits per heavy atom. The fourth-order valence-corrected chi connectivity index (χ4v) is 2.10. The molecule has 0 atom stereocenters. The highest BCUT2D eigenvalue weighted by molar-refractivity contribution is 5.95. The third kappa shape index (κ3) is 2.04. The number of carbonyl (C=O) groups excluding carboxylic acids is 1. The summed E-state index contributed by atoms with van der Waals surface area (Å²) in [5.41, 5.74) is 10.9. The zero-order chi connectivity index (χ0) is 11.6. The van der Waals surface area contributed by atoms with E-state index in [1.54, 1.807) is 0 Å². The lowest BCUT2D eigenvalue weighted by Crippen LogP contribution is -2.15. The summed E-state index contributed by atoms with van der Waals surface area (Å²) in [5, 5.41) is 0. The van der Waals surface area contributed by atoms with Gasteiger partial charge in [-0.05, 0) is 55.0 Å². The SMILES string of the molecule is CCc1cc(C(N)=O)c(C)c(C)c1CC. The van der Waals surface area contributed by atoms with Crippen LogP contribution in [-0.2, 0) is 12.8 Å². The molecule has 82 valence electrons. The smallest absolute Gasteiger partial charge is 0.248 e. The molecule has 0 aromatic heterocycles. The first-order valence-corrected chi connectivity index (χ1v) is 5.44. The summed E-state index contributed by atoms with van der Waals surface area (Å²) in [6.45, 7) is 8.28. The van der Waals surface area contributed by atoms with Gasteiger partial charge in [0.25, 0.3) is 0 Å². The van der Waals surface area contributed by atoms with Crippen LogP contribution < -0.4 is 5.73 Å². The minimum absolute atomic E-state index is 0.326. The molecule has 0 aliphatic rings. The van der Waals surface area contributed by atoms with Gasteiger partial charge in [0.2, 0.25) is 5.91 Å². The van der Waals surface area contributed by atoms with Crippen LogP contribution in [0.1, 0.15) is 46.5 Å². The molecule has 0 spiro atoms. The Kier molecular flexibility index (Phi) is 3.51. The molecule has 1 amide bonds. The van der Waals surface area contributed by atoms with E-state index in [1.165, 1.54) is 16.7 Å². The number of hydrogen-bond acceptors (Lipinski definition) is 1. The van der Waals surface area contributed by atoms with Gasteiger partial charge in [-0.1, -0.05) is 13.8 Å². The average Bonchev–Trinajstić information content (AvgIpc) is 2.21.